The van der Waals surface area contributed by atoms with E-state index in [4.69, 9.17) is 23.2 Å². The molecule has 4 aromatic rings. The summed E-state index contributed by atoms with van der Waals surface area (Å²) in [5.41, 5.74) is -0.520. The van der Waals surface area contributed by atoms with E-state index in [0.29, 0.717) is 12.1 Å². The second kappa shape index (κ2) is 7.04. The number of aromatic nitrogens is 8. The quantitative estimate of drug-likeness (QED) is 0.355. The highest BCUT2D eigenvalue weighted by atomic mass is 35.5. The number of alkyl halides is 2. The molecule has 0 N–H and O–H groups in total. The lowest BCUT2D eigenvalue weighted by Crippen LogP contribution is -2.24. The van der Waals surface area contributed by atoms with Crippen molar-refractivity contribution in [3.05, 3.63) is 71.3 Å². The van der Waals surface area contributed by atoms with Crippen LogP contribution in [0.5, 0.6) is 0 Å². The van der Waals surface area contributed by atoms with Gasteiger partial charge in [-0.2, -0.15) is 9.36 Å². The van der Waals surface area contributed by atoms with Crippen LogP contribution in [0, 0.1) is 23.3 Å². The number of hydrogen-bond acceptors (Lipinski definition) is 6. The molecule has 2 aromatic heterocycles. The van der Waals surface area contributed by atoms with Crippen molar-refractivity contribution in [3.63, 3.8) is 0 Å². The van der Waals surface area contributed by atoms with Gasteiger partial charge in [0.15, 0.2) is 11.6 Å². The molecule has 0 aliphatic heterocycles. The summed E-state index contributed by atoms with van der Waals surface area (Å²) in [6.45, 7) is 0. The third-order valence-electron chi connectivity index (χ3n) is 3.78. The molecular weight excluding hydrogens is 439 g/mol. The number of hydrogen-bond donors (Lipinski definition) is 0. The fourth-order valence-electron chi connectivity index (χ4n) is 2.50. The summed E-state index contributed by atoms with van der Waals surface area (Å²) in [5.74, 6) is -4.34. The fourth-order valence-corrected chi connectivity index (χ4v) is 2.97. The van der Waals surface area contributed by atoms with Crippen molar-refractivity contribution in [2.45, 2.75) is 4.33 Å². The number of halogens is 6. The van der Waals surface area contributed by atoms with Crippen molar-refractivity contribution in [3.8, 4) is 11.4 Å². The van der Waals surface area contributed by atoms with E-state index in [0.717, 1.165) is 33.6 Å². The molecule has 2 aromatic carbocycles. The number of tetrazole rings is 2. The van der Waals surface area contributed by atoms with Gasteiger partial charge in [0.25, 0.3) is 0 Å². The predicted molar refractivity (Wildman–Crippen MR) is 90.6 cm³/mol. The largest absolute Gasteiger partial charge is 0.240 e. The summed E-state index contributed by atoms with van der Waals surface area (Å²) in [6, 6.07) is 5.32. The number of benzene rings is 2. The van der Waals surface area contributed by atoms with E-state index in [1.807, 2.05) is 0 Å². The molecule has 8 nitrogen and oxygen atoms in total. The molecule has 0 spiro atoms. The van der Waals surface area contributed by atoms with Gasteiger partial charge in [0.05, 0.1) is 0 Å². The first kappa shape index (κ1) is 19.2. The lowest BCUT2D eigenvalue weighted by molar-refractivity contribution is 0.564. The van der Waals surface area contributed by atoms with Crippen molar-refractivity contribution in [2.75, 3.05) is 0 Å². The second-order valence-corrected chi connectivity index (χ2v) is 6.92. The summed E-state index contributed by atoms with van der Waals surface area (Å²) < 4.78 is 54.2. The van der Waals surface area contributed by atoms with Gasteiger partial charge >= 0.3 is 0 Å². The first-order chi connectivity index (χ1) is 13.8. The monoisotopic (exact) mass is 444 g/mol. The van der Waals surface area contributed by atoms with E-state index in [-0.39, 0.29) is 23.0 Å². The minimum absolute atomic E-state index is 0.260. The Hall–Kier alpha value is -3.12. The van der Waals surface area contributed by atoms with Crippen LogP contribution in [0.3, 0.4) is 0 Å². The highest BCUT2D eigenvalue weighted by Gasteiger charge is 2.42. The van der Waals surface area contributed by atoms with E-state index in [2.05, 4.69) is 31.1 Å². The number of rotatable bonds is 4. The van der Waals surface area contributed by atoms with Crippen molar-refractivity contribution in [1.82, 2.24) is 40.4 Å². The van der Waals surface area contributed by atoms with Crippen LogP contribution in [0.2, 0.25) is 0 Å². The molecule has 0 unspecified atom stereocenters. The molecule has 0 atom stereocenters. The van der Waals surface area contributed by atoms with E-state index < -0.39 is 27.6 Å². The minimum Gasteiger partial charge on any atom is -0.207 e. The standard InChI is InChI=1S/C15H6Cl2F4N8/c16-15(17,13-22-24-26-28(13)11-3-1-7(18)5-9(11)20)14-23-25-27-29(14)12-4-2-8(19)6-10(12)21/h1-6H. The van der Waals surface area contributed by atoms with Crippen molar-refractivity contribution < 1.29 is 17.6 Å². The predicted octanol–water partition coefficient (Wildman–Crippen LogP) is 2.87. The van der Waals surface area contributed by atoms with Gasteiger partial charge in [-0.3, -0.25) is 0 Å². The van der Waals surface area contributed by atoms with Crippen LogP contribution in [0.25, 0.3) is 11.4 Å². The Kier molecular flexibility index (Phi) is 4.67. The smallest absolute Gasteiger partial charge is 0.207 e. The van der Waals surface area contributed by atoms with Gasteiger partial charge in [0.1, 0.15) is 23.0 Å². The van der Waals surface area contributed by atoms with Gasteiger partial charge in [-0.05, 0) is 45.1 Å². The molecule has 0 fully saturated rings. The summed E-state index contributed by atoms with van der Waals surface area (Å²) >= 11 is 12.8. The average Bonchev–Trinajstić information content (AvgIpc) is 3.31. The molecule has 0 saturated heterocycles. The zero-order valence-corrected chi connectivity index (χ0v) is 15.3. The average molecular weight is 445 g/mol. The maximum absolute atomic E-state index is 14.2. The molecule has 4 rings (SSSR count). The summed E-state index contributed by atoms with van der Waals surface area (Å²) in [4.78, 5) is 0. The van der Waals surface area contributed by atoms with Crippen LogP contribution in [0.4, 0.5) is 17.6 Å². The third kappa shape index (κ3) is 3.29. The highest BCUT2D eigenvalue weighted by Crippen LogP contribution is 2.39. The zero-order chi connectivity index (χ0) is 20.8. The molecular formula is C15H6Cl2F4N8. The van der Waals surface area contributed by atoms with Gasteiger partial charge in [0.2, 0.25) is 16.0 Å². The molecule has 0 aliphatic carbocycles. The summed E-state index contributed by atoms with van der Waals surface area (Å²) in [7, 11) is 0. The maximum Gasteiger partial charge on any atom is 0.240 e. The normalized spacial score (nSPS) is 11.8. The Bertz CT molecular complexity index is 1120. The van der Waals surface area contributed by atoms with Crippen LogP contribution >= 0.6 is 23.2 Å². The molecule has 0 bridgehead atoms. The highest BCUT2D eigenvalue weighted by molar-refractivity contribution is 6.49. The van der Waals surface area contributed by atoms with Gasteiger partial charge in [0, 0.05) is 12.1 Å². The minimum atomic E-state index is -2.21. The van der Waals surface area contributed by atoms with Crippen molar-refractivity contribution in [1.29, 1.82) is 0 Å². The molecule has 0 radical (unpaired) electrons. The first-order valence-corrected chi connectivity index (χ1v) is 8.41. The summed E-state index contributed by atoms with van der Waals surface area (Å²) in [5, 5.41) is 21.4. The Morgan fingerprint density at radius 3 is 1.48 bits per heavy atom. The molecule has 0 saturated carbocycles. The van der Waals surface area contributed by atoms with Crippen LogP contribution in [-0.4, -0.2) is 40.4 Å². The molecule has 148 valence electrons. The number of nitrogens with zero attached hydrogens (tertiary/aromatic N) is 8. The Morgan fingerprint density at radius 2 is 1.10 bits per heavy atom. The second-order valence-electron chi connectivity index (χ2n) is 5.59. The van der Waals surface area contributed by atoms with Crippen LogP contribution in [0.15, 0.2) is 36.4 Å². The van der Waals surface area contributed by atoms with Gasteiger partial charge in [-0.25, -0.2) is 17.6 Å². The SMILES string of the molecule is Fc1ccc(-n2nnnc2C(Cl)(Cl)c2nnnn2-c2ccc(F)cc2F)c(F)c1. The topological polar surface area (TPSA) is 87.2 Å². The van der Waals surface area contributed by atoms with Gasteiger partial charge in [-0.15, -0.1) is 10.2 Å². The van der Waals surface area contributed by atoms with Gasteiger partial charge in [-0.1, -0.05) is 23.2 Å². The molecule has 0 amide bonds. The van der Waals surface area contributed by atoms with E-state index >= 15 is 0 Å². The zero-order valence-electron chi connectivity index (χ0n) is 13.8. The van der Waals surface area contributed by atoms with Crippen molar-refractivity contribution in [2.24, 2.45) is 0 Å². The molecule has 0 aliphatic rings. The van der Waals surface area contributed by atoms with E-state index in [9.17, 15) is 17.6 Å². The first-order valence-electron chi connectivity index (χ1n) is 7.65. The maximum atomic E-state index is 14.2. The third-order valence-corrected chi connectivity index (χ3v) is 4.45. The van der Waals surface area contributed by atoms with Gasteiger partial charge < -0.3 is 0 Å². The molecule has 14 heteroatoms. The van der Waals surface area contributed by atoms with Crippen LogP contribution < -0.4 is 0 Å². The van der Waals surface area contributed by atoms with Crippen LogP contribution in [-0.2, 0) is 4.33 Å². The lowest BCUT2D eigenvalue weighted by atomic mass is 10.2. The fraction of sp³-hybridized carbons (Fsp3) is 0.0667. The van der Waals surface area contributed by atoms with Crippen molar-refractivity contribution >= 4 is 23.2 Å². The lowest BCUT2D eigenvalue weighted by Gasteiger charge is -2.18. The molecule has 2 heterocycles. The Labute approximate surface area is 168 Å². The Balaban J connectivity index is 1.85. The summed E-state index contributed by atoms with van der Waals surface area (Å²) in [6.07, 6.45) is 0. The Morgan fingerprint density at radius 1 is 0.690 bits per heavy atom. The van der Waals surface area contributed by atoms with Crippen LogP contribution in [0.1, 0.15) is 11.6 Å². The van der Waals surface area contributed by atoms with E-state index in [1.54, 1.807) is 0 Å². The molecule has 29 heavy (non-hydrogen) atoms. The van der Waals surface area contributed by atoms with E-state index in [1.165, 1.54) is 0 Å².